The lowest BCUT2D eigenvalue weighted by atomic mass is 10.2. The quantitative estimate of drug-likeness (QED) is 0.467. The van der Waals surface area contributed by atoms with Gasteiger partial charge in [0.2, 0.25) is 5.91 Å². The Kier molecular flexibility index (Phi) is 6.26. The number of urea groups is 1. The normalized spacial score (nSPS) is 10.8. The fraction of sp³-hybridized carbons (Fsp3) is 0.200. The van der Waals surface area contributed by atoms with Gasteiger partial charge in [0.25, 0.3) is 0 Å². The molecular formula is C25H26N4O3. The maximum Gasteiger partial charge on any atom is 0.322 e. The first kappa shape index (κ1) is 21.2. The summed E-state index contributed by atoms with van der Waals surface area (Å²) in [6.45, 7) is 1.09. The van der Waals surface area contributed by atoms with Crippen LogP contribution < -0.4 is 5.32 Å². The van der Waals surface area contributed by atoms with Gasteiger partial charge in [-0.05, 0) is 42.0 Å². The molecule has 3 amide bonds. The molecule has 0 aliphatic rings. The molecule has 1 N–H and O–H groups in total. The average Bonchev–Trinajstić information content (AvgIpc) is 3.44. The maximum absolute atomic E-state index is 13.1. The molecule has 7 heteroatoms. The van der Waals surface area contributed by atoms with Crippen molar-refractivity contribution in [3.8, 4) is 0 Å². The predicted molar refractivity (Wildman–Crippen MR) is 124 cm³/mol. The number of nitrogens with zero attached hydrogens (tertiary/aromatic N) is 3. The standard InChI is InChI=1S/C25H26N4O3/c1-27(2)24(30)18-28-13-12-20-15-21(10-11-23(20)28)26-25(31)29(17-22-9-6-14-32-22)16-19-7-4-3-5-8-19/h3-15H,16-18H2,1-2H3,(H,26,31). The number of carbonyl (C=O) groups excluding carboxylic acids is 2. The minimum absolute atomic E-state index is 0.0226. The summed E-state index contributed by atoms with van der Waals surface area (Å²) in [6, 6.07) is 20.9. The average molecular weight is 431 g/mol. The Morgan fingerprint density at radius 3 is 2.50 bits per heavy atom. The molecule has 2 heterocycles. The van der Waals surface area contributed by atoms with E-state index < -0.39 is 0 Å². The van der Waals surface area contributed by atoms with Crippen LogP contribution in [-0.2, 0) is 24.4 Å². The van der Waals surface area contributed by atoms with E-state index in [1.807, 2.05) is 77.5 Å². The number of amides is 3. The van der Waals surface area contributed by atoms with Gasteiger partial charge in [0, 0.05) is 43.4 Å². The SMILES string of the molecule is CN(C)C(=O)Cn1ccc2cc(NC(=O)N(Cc3ccccc3)Cc3ccco3)ccc21. The first-order valence-corrected chi connectivity index (χ1v) is 10.4. The molecule has 0 spiro atoms. The zero-order valence-electron chi connectivity index (χ0n) is 18.2. The molecule has 4 aromatic rings. The molecular weight excluding hydrogens is 404 g/mol. The van der Waals surface area contributed by atoms with Crippen LogP contribution in [0.4, 0.5) is 10.5 Å². The first-order chi connectivity index (χ1) is 15.5. The molecule has 2 aromatic heterocycles. The van der Waals surface area contributed by atoms with Crippen LogP contribution in [0.25, 0.3) is 10.9 Å². The number of nitrogens with one attached hydrogen (secondary N) is 1. The van der Waals surface area contributed by atoms with Crippen LogP contribution in [0.1, 0.15) is 11.3 Å². The van der Waals surface area contributed by atoms with Crippen molar-refractivity contribution in [1.29, 1.82) is 0 Å². The van der Waals surface area contributed by atoms with Gasteiger partial charge in [0.1, 0.15) is 12.3 Å². The van der Waals surface area contributed by atoms with Crippen molar-refractivity contribution >= 4 is 28.5 Å². The Balaban J connectivity index is 1.51. The smallest absolute Gasteiger partial charge is 0.322 e. The van der Waals surface area contributed by atoms with Crippen molar-refractivity contribution < 1.29 is 14.0 Å². The summed E-state index contributed by atoms with van der Waals surface area (Å²) in [6.07, 6.45) is 3.49. The van der Waals surface area contributed by atoms with E-state index in [1.165, 1.54) is 0 Å². The first-order valence-electron chi connectivity index (χ1n) is 10.4. The highest BCUT2D eigenvalue weighted by Crippen LogP contribution is 2.22. The lowest BCUT2D eigenvalue weighted by Crippen LogP contribution is -2.33. The number of rotatable bonds is 7. The van der Waals surface area contributed by atoms with Gasteiger partial charge in [-0.3, -0.25) is 4.79 Å². The van der Waals surface area contributed by atoms with Gasteiger partial charge in [0.05, 0.1) is 12.8 Å². The summed E-state index contributed by atoms with van der Waals surface area (Å²) in [5.74, 6) is 0.739. The van der Waals surface area contributed by atoms with Crippen LogP contribution in [0.15, 0.2) is 83.6 Å². The number of aromatic nitrogens is 1. The summed E-state index contributed by atoms with van der Waals surface area (Å²) >= 11 is 0. The van der Waals surface area contributed by atoms with Crippen LogP contribution in [-0.4, -0.2) is 40.4 Å². The lowest BCUT2D eigenvalue weighted by Gasteiger charge is -2.22. The van der Waals surface area contributed by atoms with Crippen molar-refractivity contribution in [2.24, 2.45) is 0 Å². The number of hydrogen-bond acceptors (Lipinski definition) is 3. The second-order valence-electron chi connectivity index (χ2n) is 7.86. The highest BCUT2D eigenvalue weighted by molar-refractivity contribution is 5.93. The molecule has 0 bridgehead atoms. The van der Waals surface area contributed by atoms with Crippen LogP contribution in [0.5, 0.6) is 0 Å². The number of fused-ring (bicyclic) bond motifs is 1. The molecule has 32 heavy (non-hydrogen) atoms. The van der Waals surface area contributed by atoms with E-state index in [0.29, 0.717) is 24.5 Å². The zero-order chi connectivity index (χ0) is 22.5. The van der Waals surface area contributed by atoms with E-state index in [0.717, 1.165) is 16.5 Å². The summed E-state index contributed by atoms with van der Waals surface area (Å²) < 4.78 is 7.36. The largest absolute Gasteiger partial charge is 0.467 e. The predicted octanol–water partition coefficient (Wildman–Crippen LogP) is 4.56. The number of likely N-dealkylation sites (N-methyl/N-ethyl adjacent to an activating group) is 1. The van der Waals surface area contributed by atoms with E-state index in [4.69, 9.17) is 4.42 Å². The monoisotopic (exact) mass is 430 g/mol. The van der Waals surface area contributed by atoms with Crippen LogP contribution in [0, 0.1) is 0 Å². The number of benzene rings is 2. The van der Waals surface area contributed by atoms with Gasteiger partial charge in [-0.15, -0.1) is 0 Å². The van der Waals surface area contributed by atoms with Crippen LogP contribution in [0.2, 0.25) is 0 Å². The van der Waals surface area contributed by atoms with Gasteiger partial charge >= 0.3 is 6.03 Å². The Morgan fingerprint density at radius 2 is 1.78 bits per heavy atom. The highest BCUT2D eigenvalue weighted by Gasteiger charge is 2.17. The van der Waals surface area contributed by atoms with Crippen molar-refractivity contribution in [2.75, 3.05) is 19.4 Å². The molecule has 0 aliphatic carbocycles. The molecule has 0 aliphatic heterocycles. The van der Waals surface area contributed by atoms with E-state index in [1.54, 1.807) is 30.2 Å². The topological polar surface area (TPSA) is 70.7 Å². The molecule has 0 saturated heterocycles. The third-order valence-corrected chi connectivity index (χ3v) is 5.26. The number of furan rings is 1. The number of carbonyl (C=O) groups is 2. The second-order valence-corrected chi connectivity index (χ2v) is 7.86. The third-order valence-electron chi connectivity index (χ3n) is 5.26. The van der Waals surface area contributed by atoms with Gasteiger partial charge in [-0.25, -0.2) is 4.79 Å². The fourth-order valence-corrected chi connectivity index (χ4v) is 3.50. The van der Waals surface area contributed by atoms with Crippen LogP contribution in [0.3, 0.4) is 0 Å². The molecule has 164 valence electrons. The third kappa shape index (κ3) is 5.00. The Morgan fingerprint density at radius 1 is 0.969 bits per heavy atom. The van der Waals surface area contributed by atoms with Crippen molar-refractivity contribution in [2.45, 2.75) is 19.6 Å². The minimum Gasteiger partial charge on any atom is -0.467 e. The lowest BCUT2D eigenvalue weighted by molar-refractivity contribution is -0.129. The van der Waals surface area contributed by atoms with E-state index in [9.17, 15) is 9.59 Å². The fourth-order valence-electron chi connectivity index (χ4n) is 3.50. The summed E-state index contributed by atoms with van der Waals surface area (Å²) in [7, 11) is 3.48. The summed E-state index contributed by atoms with van der Waals surface area (Å²) in [4.78, 5) is 28.5. The summed E-state index contributed by atoms with van der Waals surface area (Å²) in [5.41, 5.74) is 2.67. The molecule has 0 fully saturated rings. The Hall–Kier alpha value is -4.00. The van der Waals surface area contributed by atoms with Gasteiger partial charge < -0.3 is 24.1 Å². The van der Waals surface area contributed by atoms with Crippen molar-refractivity contribution in [1.82, 2.24) is 14.4 Å². The van der Waals surface area contributed by atoms with E-state index in [-0.39, 0.29) is 18.5 Å². The van der Waals surface area contributed by atoms with Gasteiger partial charge in [0.15, 0.2) is 0 Å². The van der Waals surface area contributed by atoms with Crippen molar-refractivity contribution in [3.05, 3.63) is 90.5 Å². The van der Waals surface area contributed by atoms with Gasteiger partial charge in [-0.1, -0.05) is 30.3 Å². The molecule has 0 atom stereocenters. The Bertz CT molecular complexity index is 1200. The molecule has 2 aromatic carbocycles. The molecule has 0 unspecified atom stereocenters. The van der Waals surface area contributed by atoms with Gasteiger partial charge in [-0.2, -0.15) is 0 Å². The molecule has 0 saturated carbocycles. The minimum atomic E-state index is -0.216. The molecule has 4 rings (SSSR count). The molecule has 7 nitrogen and oxygen atoms in total. The summed E-state index contributed by atoms with van der Waals surface area (Å²) in [5, 5.41) is 3.95. The second kappa shape index (κ2) is 9.43. The van der Waals surface area contributed by atoms with E-state index in [2.05, 4.69) is 5.32 Å². The van der Waals surface area contributed by atoms with Crippen LogP contribution >= 0.6 is 0 Å². The molecule has 0 radical (unpaired) electrons. The van der Waals surface area contributed by atoms with E-state index >= 15 is 0 Å². The van der Waals surface area contributed by atoms with Crippen molar-refractivity contribution in [3.63, 3.8) is 0 Å². The maximum atomic E-state index is 13.1. The zero-order valence-corrected chi connectivity index (χ0v) is 18.2. The number of hydrogen-bond donors (Lipinski definition) is 1. The number of anilines is 1. The Labute approximate surface area is 186 Å². The highest BCUT2D eigenvalue weighted by atomic mass is 16.3.